The number of nitrogens with one attached hydrogen (secondary N) is 1. The fraction of sp³-hybridized carbons (Fsp3) is 0.200. The summed E-state index contributed by atoms with van der Waals surface area (Å²) in [6, 6.07) is 1.90. The van der Waals surface area contributed by atoms with Crippen LogP contribution in [0.1, 0.15) is 10.7 Å². The van der Waals surface area contributed by atoms with Crippen LogP contribution in [0.5, 0.6) is 0 Å². The molecule has 84 valence electrons. The normalized spacial score (nSPS) is 10.4. The Labute approximate surface area is 111 Å². The average Bonchev–Trinajstić information content (AvgIpc) is 2.66. The van der Waals surface area contributed by atoms with Crippen molar-refractivity contribution < 1.29 is 0 Å². The van der Waals surface area contributed by atoms with Crippen molar-refractivity contribution in [3.63, 3.8) is 0 Å². The Hall–Kier alpha value is -0.650. The first-order valence-electron chi connectivity index (χ1n) is 4.61. The van der Waals surface area contributed by atoms with E-state index in [4.69, 9.17) is 11.6 Å². The fourth-order valence-electron chi connectivity index (χ4n) is 1.22. The summed E-state index contributed by atoms with van der Waals surface area (Å²) in [6.07, 6.45) is 1.67. The van der Waals surface area contributed by atoms with Gasteiger partial charge in [-0.3, -0.25) is 0 Å². The number of aromatic nitrogens is 2. The molecule has 0 fully saturated rings. The third-order valence-corrected chi connectivity index (χ3v) is 3.49. The predicted octanol–water partition coefficient (Wildman–Crippen LogP) is 3.87. The Morgan fingerprint density at radius 1 is 1.56 bits per heavy atom. The van der Waals surface area contributed by atoms with E-state index in [9.17, 15) is 0 Å². The lowest BCUT2D eigenvalue weighted by molar-refractivity contribution is 1.05. The highest BCUT2D eigenvalue weighted by molar-refractivity contribution is 9.10. The number of rotatable bonds is 3. The molecule has 0 aliphatic carbocycles. The number of nitrogens with zero attached hydrogens (tertiary/aromatic N) is 2. The van der Waals surface area contributed by atoms with E-state index >= 15 is 0 Å². The van der Waals surface area contributed by atoms with Gasteiger partial charge in [0.05, 0.1) is 22.9 Å². The summed E-state index contributed by atoms with van der Waals surface area (Å²) in [5.41, 5.74) is 1.82. The maximum atomic E-state index is 5.96. The fourth-order valence-corrected chi connectivity index (χ4v) is 2.34. The van der Waals surface area contributed by atoms with Crippen LogP contribution in [0.15, 0.2) is 22.1 Å². The zero-order chi connectivity index (χ0) is 11.5. The molecule has 0 aromatic carbocycles. The molecule has 1 N–H and O–H groups in total. The smallest absolute Gasteiger partial charge is 0.152 e. The standard InChI is InChI=1S/C10H9BrClN3S/c1-6-15-8(5-16-6)4-13-9-2-7(11)3-14-10(9)12/h2-3,5,13H,4H2,1H3. The lowest BCUT2D eigenvalue weighted by atomic mass is 10.4. The number of hydrogen-bond acceptors (Lipinski definition) is 4. The highest BCUT2D eigenvalue weighted by Gasteiger charge is 2.03. The molecule has 0 bridgehead atoms. The summed E-state index contributed by atoms with van der Waals surface area (Å²) in [6.45, 7) is 2.64. The van der Waals surface area contributed by atoms with Gasteiger partial charge in [0.15, 0.2) is 5.15 Å². The monoisotopic (exact) mass is 317 g/mol. The number of aryl methyl sites for hydroxylation is 1. The van der Waals surface area contributed by atoms with Crippen molar-refractivity contribution in [2.75, 3.05) is 5.32 Å². The second-order valence-corrected chi connectivity index (χ2v) is 5.54. The van der Waals surface area contributed by atoms with Gasteiger partial charge >= 0.3 is 0 Å². The molecule has 0 amide bonds. The largest absolute Gasteiger partial charge is 0.377 e. The Morgan fingerprint density at radius 3 is 3.06 bits per heavy atom. The van der Waals surface area contributed by atoms with Crippen molar-refractivity contribution in [3.05, 3.63) is 38.0 Å². The van der Waals surface area contributed by atoms with Gasteiger partial charge in [0.25, 0.3) is 0 Å². The molecule has 0 radical (unpaired) electrons. The lowest BCUT2D eigenvalue weighted by Crippen LogP contribution is -2.01. The van der Waals surface area contributed by atoms with E-state index < -0.39 is 0 Å². The highest BCUT2D eigenvalue weighted by atomic mass is 79.9. The van der Waals surface area contributed by atoms with E-state index in [0.29, 0.717) is 11.7 Å². The second-order valence-electron chi connectivity index (χ2n) is 3.20. The molecule has 0 unspecified atom stereocenters. The molecule has 0 saturated carbocycles. The number of anilines is 1. The summed E-state index contributed by atoms with van der Waals surface area (Å²) in [4.78, 5) is 8.39. The van der Waals surface area contributed by atoms with Crippen LogP contribution in [-0.2, 0) is 6.54 Å². The van der Waals surface area contributed by atoms with Gasteiger partial charge in [0.2, 0.25) is 0 Å². The molecule has 16 heavy (non-hydrogen) atoms. The second kappa shape index (κ2) is 5.12. The zero-order valence-corrected chi connectivity index (χ0v) is 11.7. The molecule has 3 nitrogen and oxygen atoms in total. The number of halogens is 2. The summed E-state index contributed by atoms with van der Waals surface area (Å²) in [7, 11) is 0. The SMILES string of the molecule is Cc1nc(CNc2cc(Br)cnc2Cl)cs1. The molecule has 0 atom stereocenters. The van der Waals surface area contributed by atoms with Crippen molar-refractivity contribution in [3.8, 4) is 0 Å². The lowest BCUT2D eigenvalue weighted by Gasteiger charge is -2.06. The number of pyridine rings is 1. The minimum Gasteiger partial charge on any atom is -0.377 e. The predicted molar refractivity (Wildman–Crippen MR) is 71.1 cm³/mol. The molecular weight excluding hydrogens is 310 g/mol. The van der Waals surface area contributed by atoms with Crippen molar-refractivity contribution in [2.24, 2.45) is 0 Å². The van der Waals surface area contributed by atoms with Gasteiger partial charge < -0.3 is 5.32 Å². The molecule has 0 spiro atoms. The molecule has 0 aliphatic heterocycles. The third-order valence-electron chi connectivity index (χ3n) is 1.93. The van der Waals surface area contributed by atoms with Gasteiger partial charge in [-0.1, -0.05) is 11.6 Å². The molecule has 0 saturated heterocycles. The molecule has 2 rings (SSSR count). The molecule has 2 heterocycles. The van der Waals surface area contributed by atoms with Gasteiger partial charge in [-0.2, -0.15) is 0 Å². The first-order chi connectivity index (χ1) is 7.65. The zero-order valence-electron chi connectivity index (χ0n) is 8.50. The quantitative estimate of drug-likeness (QED) is 0.873. The van der Waals surface area contributed by atoms with Gasteiger partial charge in [-0.05, 0) is 28.9 Å². The Morgan fingerprint density at radius 2 is 2.38 bits per heavy atom. The van der Waals surface area contributed by atoms with Crippen molar-refractivity contribution in [1.29, 1.82) is 0 Å². The minimum absolute atomic E-state index is 0.468. The summed E-state index contributed by atoms with van der Waals surface area (Å²) < 4.78 is 0.897. The van der Waals surface area contributed by atoms with Gasteiger partial charge in [0.1, 0.15) is 0 Å². The van der Waals surface area contributed by atoms with E-state index in [1.165, 1.54) is 0 Å². The Balaban J connectivity index is 2.07. The van der Waals surface area contributed by atoms with E-state index in [1.807, 2.05) is 18.4 Å². The Bertz CT molecular complexity index is 501. The van der Waals surface area contributed by atoms with Crippen molar-refractivity contribution in [2.45, 2.75) is 13.5 Å². The first kappa shape index (κ1) is 11.8. The van der Waals surface area contributed by atoms with E-state index in [2.05, 4.69) is 31.2 Å². The van der Waals surface area contributed by atoms with Crippen molar-refractivity contribution in [1.82, 2.24) is 9.97 Å². The number of hydrogen-bond donors (Lipinski definition) is 1. The maximum absolute atomic E-state index is 5.96. The van der Waals surface area contributed by atoms with E-state index in [0.717, 1.165) is 20.9 Å². The molecule has 2 aromatic rings. The van der Waals surface area contributed by atoms with E-state index in [-0.39, 0.29) is 0 Å². The third kappa shape index (κ3) is 2.93. The maximum Gasteiger partial charge on any atom is 0.152 e. The first-order valence-corrected chi connectivity index (χ1v) is 6.66. The molecule has 2 aromatic heterocycles. The van der Waals surface area contributed by atoms with Gasteiger partial charge in [0, 0.05) is 16.0 Å². The minimum atomic E-state index is 0.468. The van der Waals surface area contributed by atoms with Crippen LogP contribution in [-0.4, -0.2) is 9.97 Å². The molecular formula is C10H9BrClN3S. The highest BCUT2D eigenvalue weighted by Crippen LogP contribution is 2.23. The van der Waals surface area contributed by atoms with Crippen LogP contribution in [0.25, 0.3) is 0 Å². The average molecular weight is 319 g/mol. The molecule has 6 heteroatoms. The summed E-state index contributed by atoms with van der Waals surface area (Å²) >= 11 is 10.9. The topological polar surface area (TPSA) is 37.8 Å². The van der Waals surface area contributed by atoms with Gasteiger partial charge in [-0.25, -0.2) is 9.97 Å². The molecule has 0 aliphatic rings. The summed E-state index contributed by atoms with van der Waals surface area (Å²) in [5.74, 6) is 0. The van der Waals surface area contributed by atoms with Crippen LogP contribution < -0.4 is 5.32 Å². The van der Waals surface area contributed by atoms with Crippen molar-refractivity contribution >= 4 is 44.6 Å². The van der Waals surface area contributed by atoms with Crippen LogP contribution >= 0.6 is 38.9 Å². The van der Waals surface area contributed by atoms with Gasteiger partial charge in [-0.15, -0.1) is 11.3 Å². The van der Waals surface area contributed by atoms with Crippen LogP contribution in [0.3, 0.4) is 0 Å². The van der Waals surface area contributed by atoms with Crippen LogP contribution in [0, 0.1) is 6.92 Å². The summed E-state index contributed by atoms with van der Waals surface area (Å²) in [5, 5.41) is 6.77. The number of thiazole rings is 1. The van der Waals surface area contributed by atoms with Crippen LogP contribution in [0.2, 0.25) is 5.15 Å². The van der Waals surface area contributed by atoms with E-state index in [1.54, 1.807) is 17.5 Å². The Kier molecular flexibility index (Phi) is 3.78. The van der Waals surface area contributed by atoms with Crippen LogP contribution in [0.4, 0.5) is 5.69 Å².